The molecule has 2 aromatic carbocycles. The largest absolute Gasteiger partial charge is 0.346 e. The van der Waals surface area contributed by atoms with Crippen molar-refractivity contribution in [3.8, 4) is 6.07 Å². The van der Waals surface area contributed by atoms with Gasteiger partial charge in [0.25, 0.3) is 0 Å². The molecular formula is C17H15NO4S. The Morgan fingerprint density at radius 1 is 1.00 bits per heavy atom. The van der Waals surface area contributed by atoms with E-state index in [1.54, 1.807) is 42.5 Å². The minimum absolute atomic E-state index is 0.120. The molecule has 1 heterocycles. The Morgan fingerprint density at radius 3 is 2.26 bits per heavy atom. The van der Waals surface area contributed by atoms with Crippen LogP contribution < -0.4 is 0 Å². The van der Waals surface area contributed by atoms with E-state index in [2.05, 4.69) is 0 Å². The second kappa shape index (κ2) is 6.50. The first-order valence-corrected chi connectivity index (χ1v) is 8.70. The average Bonchev–Trinajstić information content (AvgIpc) is 3.11. The molecule has 1 aliphatic rings. The normalized spacial score (nSPS) is 16.8. The SMILES string of the molecule is N#CC(c1ccccc1C1OCCO1)S(=O)(=O)c1ccccc1. The van der Waals surface area contributed by atoms with E-state index in [1.165, 1.54) is 12.1 Å². The average molecular weight is 329 g/mol. The van der Waals surface area contributed by atoms with E-state index in [-0.39, 0.29) is 4.90 Å². The van der Waals surface area contributed by atoms with Crippen molar-refractivity contribution in [2.45, 2.75) is 16.4 Å². The molecule has 0 spiro atoms. The summed E-state index contributed by atoms with van der Waals surface area (Å²) in [5.41, 5.74) is 0.974. The summed E-state index contributed by atoms with van der Waals surface area (Å²) in [6.07, 6.45) is -0.631. The molecule has 0 N–H and O–H groups in total. The zero-order valence-electron chi connectivity index (χ0n) is 12.3. The maximum atomic E-state index is 12.8. The standard InChI is InChI=1S/C17H15NO4S/c18-12-16(23(19,20)13-6-2-1-3-7-13)14-8-4-5-9-15(14)17-21-10-11-22-17/h1-9,16-17H,10-11H2. The summed E-state index contributed by atoms with van der Waals surface area (Å²) < 4.78 is 36.6. The first-order valence-electron chi connectivity index (χ1n) is 7.15. The van der Waals surface area contributed by atoms with Gasteiger partial charge in [-0.15, -0.1) is 0 Å². The summed E-state index contributed by atoms with van der Waals surface area (Å²) in [6, 6.07) is 16.7. The zero-order chi connectivity index (χ0) is 16.3. The fourth-order valence-electron chi connectivity index (χ4n) is 2.55. The molecule has 1 atom stereocenters. The highest BCUT2D eigenvalue weighted by Crippen LogP contribution is 2.35. The molecule has 0 aliphatic carbocycles. The third-order valence-corrected chi connectivity index (χ3v) is 5.56. The minimum atomic E-state index is -3.83. The topological polar surface area (TPSA) is 76.4 Å². The molecule has 6 heteroatoms. The summed E-state index contributed by atoms with van der Waals surface area (Å²) in [6.45, 7) is 0.892. The predicted octanol–water partition coefficient (Wildman–Crippen LogP) is 2.77. The Kier molecular flexibility index (Phi) is 4.44. The van der Waals surface area contributed by atoms with Crippen LogP contribution in [0.3, 0.4) is 0 Å². The molecule has 0 radical (unpaired) electrons. The minimum Gasteiger partial charge on any atom is -0.346 e. The van der Waals surface area contributed by atoms with Gasteiger partial charge in [0.2, 0.25) is 0 Å². The van der Waals surface area contributed by atoms with E-state index in [1.807, 2.05) is 6.07 Å². The van der Waals surface area contributed by atoms with Crippen LogP contribution in [-0.4, -0.2) is 21.6 Å². The predicted molar refractivity (Wildman–Crippen MR) is 83.1 cm³/mol. The molecule has 1 aliphatic heterocycles. The molecule has 1 fully saturated rings. The van der Waals surface area contributed by atoms with E-state index in [0.717, 1.165) is 0 Å². The highest BCUT2D eigenvalue weighted by molar-refractivity contribution is 7.92. The molecule has 5 nitrogen and oxygen atoms in total. The first kappa shape index (κ1) is 15.7. The number of benzene rings is 2. The quantitative estimate of drug-likeness (QED) is 0.862. The molecule has 0 amide bonds. The summed E-state index contributed by atoms with van der Waals surface area (Å²) in [7, 11) is -3.83. The van der Waals surface area contributed by atoms with Crippen LogP contribution in [0.2, 0.25) is 0 Å². The van der Waals surface area contributed by atoms with Crippen molar-refractivity contribution in [3.63, 3.8) is 0 Å². The van der Waals surface area contributed by atoms with Crippen LogP contribution >= 0.6 is 0 Å². The Balaban J connectivity index is 2.08. The van der Waals surface area contributed by atoms with Gasteiger partial charge in [0, 0.05) is 5.56 Å². The number of hydrogen-bond acceptors (Lipinski definition) is 5. The van der Waals surface area contributed by atoms with Crippen LogP contribution in [-0.2, 0) is 19.3 Å². The monoisotopic (exact) mass is 329 g/mol. The van der Waals surface area contributed by atoms with Gasteiger partial charge in [-0.25, -0.2) is 8.42 Å². The van der Waals surface area contributed by atoms with Crippen LogP contribution in [0.5, 0.6) is 0 Å². The molecule has 23 heavy (non-hydrogen) atoms. The van der Waals surface area contributed by atoms with Gasteiger partial charge in [0.15, 0.2) is 21.4 Å². The fourth-order valence-corrected chi connectivity index (χ4v) is 4.05. The van der Waals surface area contributed by atoms with Crippen molar-refractivity contribution in [2.75, 3.05) is 13.2 Å². The van der Waals surface area contributed by atoms with Crippen LogP contribution in [0.4, 0.5) is 0 Å². The number of hydrogen-bond donors (Lipinski definition) is 0. The van der Waals surface area contributed by atoms with Crippen LogP contribution in [0, 0.1) is 11.3 Å². The van der Waals surface area contributed by atoms with Crippen molar-refractivity contribution < 1.29 is 17.9 Å². The summed E-state index contributed by atoms with van der Waals surface area (Å²) >= 11 is 0. The van der Waals surface area contributed by atoms with Crippen LogP contribution in [0.1, 0.15) is 22.7 Å². The van der Waals surface area contributed by atoms with Gasteiger partial charge >= 0.3 is 0 Å². The van der Waals surface area contributed by atoms with E-state index in [4.69, 9.17) is 9.47 Å². The second-order valence-electron chi connectivity index (χ2n) is 5.07. The first-order chi connectivity index (χ1) is 11.1. The van der Waals surface area contributed by atoms with Crippen molar-refractivity contribution in [3.05, 3.63) is 65.7 Å². The highest BCUT2D eigenvalue weighted by atomic mass is 32.2. The van der Waals surface area contributed by atoms with Crippen molar-refractivity contribution >= 4 is 9.84 Å². The smallest absolute Gasteiger partial charge is 0.198 e. The number of nitrogens with zero attached hydrogens (tertiary/aromatic N) is 1. The third kappa shape index (κ3) is 2.99. The zero-order valence-corrected chi connectivity index (χ0v) is 13.1. The lowest BCUT2D eigenvalue weighted by atomic mass is 10.0. The molecule has 0 aromatic heterocycles. The van der Waals surface area contributed by atoms with Gasteiger partial charge in [-0.3, -0.25) is 0 Å². The molecular weight excluding hydrogens is 314 g/mol. The Hall–Kier alpha value is -2.20. The van der Waals surface area contributed by atoms with Gasteiger partial charge < -0.3 is 9.47 Å². The van der Waals surface area contributed by atoms with Gasteiger partial charge in [-0.1, -0.05) is 42.5 Å². The lowest BCUT2D eigenvalue weighted by molar-refractivity contribution is -0.0446. The lowest BCUT2D eigenvalue weighted by Crippen LogP contribution is -2.15. The molecule has 1 saturated heterocycles. The van der Waals surface area contributed by atoms with Gasteiger partial charge in [0.1, 0.15) is 0 Å². The number of sulfone groups is 1. The van der Waals surface area contributed by atoms with Crippen LogP contribution in [0.25, 0.3) is 0 Å². The molecule has 3 rings (SSSR count). The second-order valence-corrected chi connectivity index (χ2v) is 7.10. The van der Waals surface area contributed by atoms with E-state index in [9.17, 15) is 13.7 Å². The number of nitriles is 1. The Morgan fingerprint density at radius 2 is 1.61 bits per heavy atom. The van der Waals surface area contributed by atoms with Gasteiger partial charge in [-0.05, 0) is 17.7 Å². The summed E-state index contributed by atoms with van der Waals surface area (Å²) in [5, 5.41) is 8.22. The van der Waals surface area contributed by atoms with Crippen molar-refractivity contribution in [1.29, 1.82) is 5.26 Å². The summed E-state index contributed by atoms with van der Waals surface area (Å²) in [4.78, 5) is 0.120. The van der Waals surface area contributed by atoms with Gasteiger partial charge in [-0.2, -0.15) is 5.26 Å². The van der Waals surface area contributed by atoms with Gasteiger partial charge in [0.05, 0.1) is 24.2 Å². The maximum absolute atomic E-state index is 12.8. The summed E-state index contributed by atoms with van der Waals surface area (Å²) in [5.74, 6) is 0. The Bertz CT molecular complexity index is 821. The molecule has 2 aromatic rings. The van der Waals surface area contributed by atoms with E-state index in [0.29, 0.717) is 24.3 Å². The molecule has 0 bridgehead atoms. The van der Waals surface area contributed by atoms with E-state index < -0.39 is 21.4 Å². The highest BCUT2D eigenvalue weighted by Gasteiger charge is 2.33. The molecule has 118 valence electrons. The Labute approximate surface area is 135 Å². The maximum Gasteiger partial charge on any atom is 0.198 e. The fraction of sp³-hybridized carbons (Fsp3) is 0.235. The molecule has 1 unspecified atom stereocenters. The van der Waals surface area contributed by atoms with Crippen molar-refractivity contribution in [1.82, 2.24) is 0 Å². The van der Waals surface area contributed by atoms with Crippen molar-refractivity contribution in [2.24, 2.45) is 0 Å². The van der Waals surface area contributed by atoms with E-state index >= 15 is 0 Å². The van der Waals surface area contributed by atoms with Crippen LogP contribution in [0.15, 0.2) is 59.5 Å². The number of rotatable bonds is 4. The number of ether oxygens (including phenoxy) is 2. The lowest BCUT2D eigenvalue weighted by Gasteiger charge is -2.18. The third-order valence-electron chi connectivity index (χ3n) is 3.65. The molecule has 0 saturated carbocycles.